The first-order valence-electron chi connectivity index (χ1n) is 12.7. The maximum atomic E-state index is 13.6. The van der Waals surface area contributed by atoms with Crippen LogP contribution in [-0.4, -0.2) is 53.4 Å². The van der Waals surface area contributed by atoms with Crippen LogP contribution in [0.3, 0.4) is 0 Å². The number of fused-ring (bicyclic) bond motifs is 1. The molecule has 1 amide bonds. The average molecular weight is 500 g/mol. The second kappa shape index (κ2) is 12.0. The third-order valence-corrected chi connectivity index (χ3v) is 8.27. The Balaban J connectivity index is 1.62. The average Bonchev–Trinajstić information content (AvgIpc) is 2.91. The molecule has 0 spiro atoms. The maximum absolute atomic E-state index is 13.6. The number of allylic oxidation sites excluding steroid dienone is 2. The number of rotatable bonds is 9. The van der Waals surface area contributed by atoms with E-state index in [0.717, 1.165) is 32.1 Å². The quantitative estimate of drug-likeness (QED) is 0.269. The molecule has 2 aliphatic rings. The number of hydrogen-bond acceptors (Lipinski definition) is 6. The number of thioether (sulfide) groups is 1. The molecule has 0 bridgehead atoms. The summed E-state index contributed by atoms with van der Waals surface area (Å²) in [6, 6.07) is 3.76. The van der Waals surface area contributed by atoms with Crippen LogP contribution in [-0.2, 0) is 11.3 Å². The molecule has 0 unspecified atom stereocenters. The molecule has 1 fully saturated rings. The summed E-state index contributed by atoms with van der Waals surface area (Å²) in [7, 11) is 5.04. The summed E-state index contributed by atoms with van der Waals surface area (Å²) in [6.45, 7) is 0.553. The van der Waals surface area contributed by atoms with E-state index in [0.29, 0.717) is 40.1 Å². The van der Waals surface area contributed by atoms with E-state index in [-0.39, 0.29) is 17.2 Å². The van der Waals surface area contributed by atoms with Crippen molar-refractivity contribution in [2.24, 2.45) is 0 Å². The molecule has 1 aromatic heterocycles. The minimum absolute atomic E-state index is 0.0881. The SMILES string of the molecule is COc1cc2nc(SCC(=O)N(C)C3CCCCC3)n(CCC3=CCCCC3)c(=O)c2cc1OC. The van der Waals surface area contributed by atoms with Crippen molar-refractivity contribution >= 4 is 28.6 Å². The molecule has 1 saturated carbocycles. The minimum atomic E-state index is -0.108. The van der Waals surface area contributed by atoms with Gasteiger partial charge in [0.2, 0.25) is 5.91 Å². The lowest BCUT2D eigenvalue weighted by molar-refractivity contribution is -0.129. The number of aromatic nitrogens is 2. The number of carbonyl (C=O) groups is 1. The van der Waals surface area contributed by atoms with Crippen LogP contribution < -0.4 is 15.0 Å². The lowest BCUT2D eigenvalue weighted by Gasteiger charge is -2.31. The number of hydrogen-bond donors (Lipinski definition) is 0. The van der Waals surface area contributed by atoms with Crippen molar-refractivity contribution in [1.29, 1.82) is 0 Å². The molecule has 35 heavy (non-hydrogen) atoms. The third kappa shape index (κ3) is 6.02. The number of methoxy groups -OCH3 is 2. The highest BCUT2D eigenvalue weighted by molar-refractivity contribution is 7.99. The lowest BCUT2D eigenvalue weighted by Crippen LogP contribution is -2.39. The monoisotopic (exact) mass is 499 g/mol. The number of nitrogens with zero attached hydrogens (tertiary/aromatic N) is 3. The van der Waals surface area contributed by atoms with Crippen molar-refractivity contribution in [3.63, 3.8) is 0 Å². The molecule has 7 nitrogen and oxygen atoms in total. The highest BCUT2D eigenvalue weighted by Gasteiger charge is 2.23. The molecule has 2 aliphatic carbocycles. The van der Waals surface area contributed by atoms with Crippen LogP contribution >= 0.6 is 11.8 Å². The molecule has 0 saturated heterocycles. The standard InChI is InChI=1S/C27H37N3O4S/c1-29(20-12-8-5-9-13-20)25(31)18-35-27-28-22-17-24(34-3)23(33-2)16-21(22)26(32)30(27)15-14-19-10-6-4-7-11-19/h10,16-17,20H,4-9,11-15,18H2,1-3H3. The van der Waals surface area contributed by atoms with E-state index >= 15 is 0 Å². The molecule has 8 heteroatoms. The first kappa shape index (κ1) is 25.6. The van der Waals surface area contributed by atoms with Crippen molar-refractivity contribution in [3.05, 3.63) is 34.1 Å². The summed E-state index contributed by atoms with van der Waals surface area (Å²) >= 11 is 1.36. The second-order valence-electron chi connectivity index (χ2n) is 9.52. The zero-order valence-corrected chi connectivity index (χ0v) is 22.0. The van der Waals surface area contributed by atoms with Gasteiger partial charge in [-0.3, -0.25) is 14.2 Å². The van der Waals surface area contributed by atoms with Gasteiger partial charge < -0.3 is 14.4 Å². The van der Waals surface area contributed by atoms with Crippen LogP contribution in [0.5, 0.6) is 11.5 Å². The van der Waals surface area contributed by atoms with Crippen molar-refractivity contribution in [2.75, 3.05) is 27.0 Å². The Hall–Kier alpha value is -2.48. The first-order valence-corrected chi connectivity index (χ1v) is 13.7. The molecule has 4 rings (SSSR count). The van der Waals surface area contributed by atoms with Gasteiger partial charge in [-0.05, 0) is 51.0 Å². The maximum Gasteiger partial charge on any atom is 0.262 e. The molecule has 0 atom stereocenters. The fourth-order valence-electron chi connectivity index (χ4n) is 5.12. The van der Waals surface area contributed by atoms with E-state index in [1.54, 1.807) is 30.9 Å². The molecular formula is C27H37N3O4S. The van der Waals surface area contributed by atoms with E-state index in [1.807, 2.05) is 11.9 Å². The van der Waals surface area contributed by atoms with Crippen molar-refractivity contribution in [2.45, 2.75) is 82.0 Å². The predicted octanol–water partition coefficient (Wildman–Crippen LogP) is 5.19. The molecule has 190 valence electrons. The highest BCUT2D eigenvalue weighted by atomic mass is 32.2. The Morgan fingerprint density at radius 3 is 2.54 bits per heavy atom. The van der Waals surface area contributed by atoms with E-state index < -0.39 is 0 Å². The smallest absolute Gasteiger partial charge is 0.262 e. The van der Waals surface area contributed by atoms with Gasteiger partial charge in [-0.15, -0.1) is 0 Å². The lowest BCUT2D eigenvalue weighted by atomic mass is 9.94. The normalized spacial score (nSPS) is 16.7. The van der Waals surface area contributed by atoms with Crippen LogP contribution in [0.4, 0.5) is 0 Å². The number of ether oxygens (including phenoxy) is 2. The van der Waals surface area contributed by atoms with Gasteiger partial charge in [-0.25, -0.2) is 4.98 Å². The zero-order chi connectivity index (χ0) is 24.8. The van der Waals surface area contributed by atoms with Crippen LogP contribution in [0.15, 0.2) is 33.7 Å². The van der Waals surface area contributed by atoms with Gasteiger partial charge in [0, 0.05) is 25.7 Å². The van der Waals surface area contributed by atoms with Crippen LogP contribution in [0, 0.1) is 0 Å². The molecule has 2 aromatic rings. The molecule has 1 aromatic carbocycles. The number of amides is 1. The van der Waals surface area contributed by atoms with Gasteiger partial charge >= 0.3 is 0 Å². The van der Waals surface area contributed by atoms with E-state index in [2.05, 4.69) is 6.08 Å². The van der Waals surface area contributed by atoms with Crippen LogP contribution in [0.1, 0.15) is 64.2 Å². The largest absolute Gasteiger partial charge is 0.493 e. The fraction of sp³-hybridized carbons (Fsp3) is 0.593. The fourth-order valence-corrected chi connectivity index (χ4v) is 6.07. The summed E-state index contributed by atoms with van der Waals surface area (Å²) in [4.78, 5) is 33.3. The molecule has 0 radical (unpaired) electrons. The van der Waals surface area contributed by atoms with Gasteiger partial charge in [-0.2, -0.15) is 0 Å². The molecule has 0 N–H and O–H groups in total. The van der Waals surface area contributed by atoms with E-state index in [9.17, 15) is 9.59 Å². The van der Waals surface area contributed by atoms with E-state index in [1.165, 1.54) is 49.4 Å². The Kier molecular flexibility index (Phi) is 8.76. The summed E-state index contributed by atoms with van der Waals surface area (Å²) < 4.78 is 12.6. The van der Waals surface area contributed by atoms with Crippen molar-refractivity contribution < 1.29 is 14.3 Å². The summed E-state index contributed by atoms with van der Waals surface area (Å²) in [5, 5.41) is 1.08. The predicted molar refractivity (Wildman–Crippen MR) is 141 cm³/mol. The first-order chi connectivity index (χ1) is 17.0. The third-order valence-electron chi connectivity index (χ3n) is 7.31. The Morgan fingerprint density at radius 1 is 1.11 bits per heavy atom. The Labute approximate surface area is 211 Å². The zero-order valence-electron chi connectivity index (χ0n) is 21.2. The minimum Gasteiger partial charge on any atom is -0.493 e. The summed E-state index contributed by atoms with van der Waals surface area (Å²) in [5.41, 5.74) is 1.85. The van der Waals surface area contributed by atoms with Crippen molar-refractivity contribution in [3.8, 4) is 11.5 Å². The summed E-state index contributed by atoms with van der Waals surface area (Å²) in [6.07, 6.45) is 13.5. The summed E-state index contributed by atoms with van der Waals surface area (Å²) in [5.74, 6) is 1.39. The molecule has 0 aliphatic heterocycles. The number of carbonyl (C=O) groups excluding carboxylic acids is 1. The van der Waals surface area contributed by atoms with Gasteiger partial charge in [0.05, 0.1) is 30.9 Å². The Morgan fingerprint density at radius 2 is 1.86 bits per heavy atom. The van der Waals surface area contributed by atoms with Gasteiger partial charge in [0.1, 0.15) is 0 Å². The van der Waals surface area contributed by atoms with Gasteiger partial charge in [0.15, 0.2) is 16.7 Å². The number of benzene rings is 1. The highest BCUT2D eigenvalue weighted by Crippen LogP contribution is 2.32. The van der Waals surface area contributed by atoms with Gasteiger partial charge in [0.25, 0.3) is 5.56 Å². The second-order valence-corrected chi connectivity index (χ2v) is 10.5. The topological polar surface area (TPSA) is 73.7 Å². The van der Waals surface area contributed by atoms with Crippen LogP contribution in [0.25, 0.3) is 10.9 Å². The molecular weight excluding hydrogens is 462 g/mol. The van der Waals surface area contributed by atoms with Crippen molar-refractivity contribution in [1.82, 2.24) is 14.5 Å². The van der Waals surface area contributed by atoms with Crippen LogP contribution in [0.2, 0.25) is 0 Å². The van der Waals surface area contributed by atoms with Gasteiger partial charge in [-0.1, -0.05) is 42.7 Å². The molecule has 1 heterocycles. The van der Waals surface area contributed by atoms with E-state index in [4.69, 9.17) is 14.5 Å². The Bertz CT molecular complexity index is 1140.